The van der Waals surface area contributed by atoms with Crippen molar-refractivity contribution < 1.29 is 4.48 Å². The van der Waals surface area contributed by atoms with Gasteiger partial charge >= 0.3 is 0 Å². The van der Waals surface area contributed by atoms with Gasteiger partial charge in [0.25, 0.3) is 0 Å². The average molecular weight is 410 g/mol. The van der Waals surface area contributed by atoms with E-state index in [1.165, 1.54) is 17.0 Å². The van der Waals surface area contributed by atoms with E-state index in [2.05, 4.69) is 67.5 Å². The quantitative estimate of drug-likeness (QED) is 0.430. The lowest BCUT2D eigenvalue weighted by atomic mass is 10.1. The molecule has 0 saturated carbocycles. The molecule has 29 heavy (non-hydrogen) atoms. The lowest BCUT2D eigenvalue weighted by Gasteiger charge is -2.28. The lowest BCUT2D eigenvalue weighted by molar-refractivity contribution is -0.870. The van der Waals surface area contributed by atoms with E-state index in [9.17, 15) is 5.26 Å². The van der Waals surface area contributed by atoms with E-state index in [1.54, 1.807) is 6.92 Å². The second-order valence-corrected chi connectivity index (χ2v) is 9.08. The fourth-order valence-corrected chi connectivity index (χ4v) is 3.94. The first-order valence-electron chi connectivity index (χ1n) is 9.71. The SMILES string of the molecule is CCN(CCC[N+](C)(C)C)c1ccc(/N=N/c2sc(C#N)c(C)c2C#N)c(C)c1. The number of quaternary nitrogens is 1. The average Bonchev–Trinajstić information content (AvgIpc) is 2.98. The van der Waals surface area contributed by atoms with Crippen LogP contribution in [0.2, 0.25) is 0 Å². The van der Waals surface area contributed by atoms with E-state index in [0.717, 1.165) is 41.8 Å². The molecule has 2 rings (SSSR count). The Balaban J connectivity index is 2.18. The first kappa shape index (κ1) is 22.5. The van der Waals surface area contributed by atoms with Gasteiger partial charge in [-0.05, 0) is 50.1 Å². The normalized spacial score (nSPS) is 11.4. The minimum atomic E-state index is 0.430. The number of nitriles is 2. The van der Waals surface area contributed by atoms with Gasteiger partial charge in [0.15, 0.2) is 5.00 Å². The Morgan fingerprint density at radius 2 is 1.83 bits per heavy atom. The maximum atomic E-state index is 9.34. The van der Waals surface area contributed by atoms with Crippen molar-refractivity contribution >= 4 is 27.7 Å². The fraction of sp³-hybridized carbons (Fsp3) is 0.455. The Morgan fingerprint density at radius 1 is 1.10 bits per heavy atom. The van der Waals surface area contributed by atoms with Crippen molar-refractivity contribution in [2.45, 2.75) is 27.2 Å². The molecule has 2 aromatic rings. The van der Waals surface area contributed by atoms with Gasteiger partial charge in [-0.25, -0.2) is 0 Å². The highest BCUT2D eigenvalue weighted by Gasteiger charge is 2.15. The summed E-state index contributed by atoms with van der Waals surface area (Å²) in [5.41, 5.74) is 4.09. The molecule has 1 aromatic carbocycles. The molecule has 0 unspecified atom stereocenters. The minimum Gasteiger partial charge on any atom is -0.372 e. The van der Waals surface area contributed by atoms with Crippen LogP contribution >= 0.6 is 11.3 Å². The number of rotatable bonds is 8. The summed E-state index contributed by atoms with van der Waals surface area (Å²) in [5.74, 6) is 0. The Bertz CT molecular complexity index is 969. The summed E-state index contributed by atoms with van der Waals surface area (Å²) in [5, 5.41) is 27.6. The summed E-state index contributed by atoms with van der Waals surface area (Å²) in [6, 6.07) is 10.4. The third-order valence-electron chi connectivity index (χ3n) is 4.77. The fourth-order valence-electron chi connectivity index (χ4n) is 3.06. The molecule has 1 aromatic heterocycles. The molecular formula is C22H29N6S+. The third kappa shape index (κ3) is 5.87. The highest BCUT2D eigenvalue weighted by atomic mass is 32.1. The van der Waals surface area contributed by atoms with Crippen LogP contribution in [0.4, 0.5) is 16.4 Å². The molecule has 0 atom stereocenters. The highest BCUT2D eigenvalue weighted by Crippen LogP contribution is 2.36. The molecular weight excluding hydrogens is 380 g/mol. The van der Waals surface area contributed by atoms with Crippen molar-refractivity contribution in [1.82, 2.24) is 0 Å². The van der Waals surface area contributed by atoms with Crippen LogP contribution in [0.3, 0.4) is 0 Å². The van der Waals surface area contributed by atoms with Gasteiger partial charge in [-0.1, -0.05) is 0 Å². The summed E-state index contributed by atoms with van der Waals surface area (Å²) >= 11 is 1.20. The zero-order valence-corrected chi connectivity index (χ0v) is 19.0. The molecule has 0 saturated heterocycles. The molecule has 0 spiro atoms. The molecule has 152 valence electrons. The van der Waals surface area contributed by atoms with Gasteiger partial charge in [0.2, 0.25) is 0 Å². The van der Waals surface area contributed by atoms with Crippen molar-refractivity contribution in [1.29, 1.82) is 10.5 Å². The van der Waals surface area contributed by atoms with E-state index in [-0.39, 0.29) is 0 Å². The van der Waals surface area contributed by atoms with Gasteiger partial charge in [-0.3, -0.25) is 0 Å². The zero-order chi connectivity index (χ0) is 21.6. The number of benzene rings is 1. The van der Waals surface area contributed by atoms with Gasteiger partial charge < -0.3 is 9.38 Å². The van der Waals surface area contributed by atoms with Gasteiger partial charge in [-0.2, -0.15) is 10.5 Å². The maximum absolute atomic E-state index is 9.34. The van der Waals surface area contributed by atoms with Crippen molar-refractivity contribution in [3.05, 3.63) is 39.8 Å². The highest BCUT2D eigenvalue weighted by molar-refractivity contribution is 7.16. The maximum Gasteiger partial charge on any atom is 0.158 e. The number of azo groups is 1. The van der Waals surface area contributed by atoms with Crippen LogP contribution in [0.1, 0.15) is 34.9 Å². The van der Waals surface area contributed by atoms with Gasteiger partial charge in [0.1, 0.15) is 17.0 Å². The number of nitrogens with zero attached hydrogens (tertiary/aromatic N) is 6. The van der Waals surface area contributed by atoms with Crippen LogP contribution in [0.25, 0.3) is 0 Å². The molecule has 0 aliphatic heterocycles. The molecule has 1 heterocycles. The molecule has 0 N–H and O–H groups in total. The predicted octanol–water partition coefficient (Wildman–Crippen LogP) is 5.45. The van der Waals surface area contributed by atoms with Crippen molar-refractivity contribution in [2.24, 2.45) is 10.2 Å². The molecule has 0 bridgehead atoms. The van der Waals surface area contributed by atoms with E-state index in [0.29, 0.717) is 21.0 Å². The molecule has 6 nitrogen and oxygen atoms in total. The van der Waals surface area contributed by atoms with Gasteiger partial charge in [0.05, 0.1) is 38.9 Å². The Morgan fingerprint density at radius 3 is 2.38 bits per heavy atom. The smallest absolute Gasteiger partial charge is 0.158 e. The van der Waals surface area contributed by atoms with Crippen LogP contribution in [0.15, 0.2) is 28.4 Å². The van der Waals surface area contributed by atoms with Crippen LogP contribution in [-0.2, 0) is 0 Å². The minimum absolute atomic E-state index is 0.430. The molecule has 7 heteroatoms. The third-order valence-corrected chi connectivity index (χ3v) is 5.86. The standard InChI is InChI=1S/C22H29N6S/c1-7-27(11-8-12-28(4,5)6)18-9-10-20(16(2)13-18)25-26-22-19(14-23)17(3)21(15-24)29-22/h9-10,13H,7-8,11-12H2,1-6H3/q+1/b26-25+. The Kier molecular flexibility index (Phi) is 7.50. The van der Waals surface area contributed by atoms with E-state index < -0.39 is 0 Å². The summed E-state index contributed by atoms with van der Waals surface area (Å²) in [7, 11) is 6.64. The summed E-state index contributed by atoms with van der Waals surface area (Å²) in [6.07, 6.45) is 1.13. The predicted molar refractivity (Wildman–Crippen MR) is 119 cm³/mol. The van der Waals surface area contributed by atoms with Crippen LogP contribution in [0.5, 0.6) is 0 Å². The van der Waals surface area contributed by atoms with E-state index in [1.807, 2.05) is 13.0 Å². The number of anilines is 1. The van der Waals surface area contributed by atoms with Crippen molar-refractivity contribution in [3.63, 3.8) is 0 Å². The molecule has 0 aliphatic carbocycles. The molecule has 0 fully saturated rings. The first-order valence-corrected chi connectivity index (χ1v) is 10.5. The molecule has 0 radical (unpaired) electrons. The van der Waals surface area contributed by atoms with E-state index in [4.69, 9.17) is 5.26 Å². The largest absolute Gasteiger partial charge is 0.372 e. The monoisotopic (exact) mass is 409 g/mol. The Labute approximate surface area is 177 Å². The first-order chi connectivity index (χ1) is 13.7. The van der Waals surface area contributed by atoms with Crippen molar-refractivity contribution in [3.8, 4) is 12.1 Å². The summed E-state index contributed by atoms with van der Waals surface area (Å²) in [4.78, 5) is 2.88. The number of thiophene rings is 1. The van der Waals surface area contributed by atoms with Gasteiger partial charge in [-0.15, -0.1) is 21.6 Å². The number of hydrogen-bond acceptors (Lipinski definition) is 6. The van der Waals surface area contributed by atoms with Crippen LogP contribution in [-0.4, -0.2) is 45.3 Å². The number of hydrogen-bond donors (Lipinski definition) is 0. The lowest BCUT2D eigenvalue weighted by Crippen LogP contribution is -2.37. The number of aryl methyl sites for hydroxylation is 1. The molecule has 0 aliphatic rings. The second-order valence-electron chi connectivity index (χ2n) is 8.08. The van der Waals surface area contributed by atoms with Crippen LogP contribution < -0.4 is 4.90 Å². The Hall–Kier alpha value is -2.74. The summed E-state index contributed by atoms with van der Waals surface area (Å²) < 4.78 is 0.969. The second kappa shape index (κ2) is 9.65. The van der Waals surface area contributed by atoms with E-state index >= 15 is 0 Å². The van der Waals surface area contributed by atoms with Gasteiger partial charge in [0, 0.05) is 25.2 Å². The molecule has 0 amide bonds. The van der Waals surface area contributed by atoms with Crippen molar-refractivity contribution in [2.75, 3.05) is 45.7 Å². The zero-order valence-electron chi connectivity index (χ0n) is 18.2. The van der Waals surface area contributed by atoms with Crippen LogP contribution in [0, 0.1) is 36.5 Å². The topological polar surface area (TPSA) is 75.5 Å². The summed E-state index contributed by atoms with van der Waals surface area (Å²) in [6.45, 7) is 9.06.